The molecule has 1 amide bonds. The van der Waals surface area contributed by atoms with Crippen molar-refractivity contribution in [1.29, 1.82) is 0 Å². The molecule has 0 unspecified atom stereocenters. The first kappa shape index (κ1) is 12.2. The molecule has 1 heterocycles. The number of aliphatic carboxylic acids is 1. The van der Waals surface area contributed by atoms with Crippen molar-refractivity contribution in [2.24, 2.45) is 17.8 Å². The van der Waals surface area contributed by atoms with Gasteiger partial charge in [0, 0.05) is 18.7 Å². The molecule has 2 aliphatic rings. The first-order valence-corrected chi connectivity index (χ1v) is 6.74. The molecule has 1 N–H and O–H groups in total. The zero-order valence-corrected chi connectivity index (χ0v) is 10.7. The van der Waals surface area contributed by atoms with Crippen LogP contribution in [-0.2, 0) is 4.79 Å². The fraction of sp³-hybridized carbons (Fsp3) is 0.467. The summed E-state index contributed by atoms with van der Waals surface area (Å²) in [7, 11) is 0. The molecule has 1 saturated carbocycles. The number of hydrogen-bond donors (Lipinski definition) is 1. The summed E-state index contributed by atoms with van der Waals surface area (Å²) < 4.78 is 0. The predicted octanol–water partition coefficient (Wildman–Crippen LogP) is 1.87. The summed E-state index contributed by atoms with van der Waals surface area (Å²) in [4.78, 5) is 25.4. The van der Waals surface area contributed by atoms with Crippen LogP contribution in [0.15, 0.2) is 30.3 Å². The summed E-state index contributed by atoms with van der Waals surface area (Å²) >= 11 is 0. The van der Waals surface area contributed by atoms with Gasteiger partial charge in [-0.05, 0) is 36.8 Å². The van der Waals surface area contributed by atoms with Crippen molar-refractivity contribution in [1.82, 2.24) is 4.90 Å². The molecule has 4 nitrogen and oxygen atoms in total. The van der Waals surface area contributed by atoms with E-state index in [2.05, 4.69) is 0 Å². The van der Waals surface area contributed by atoms with Gasteiger partial charge in [-0.2, -0.15) is 0 Å². The lowest BCUT2D eigenvalue weighted by atomic mass is 9.92. The van der Waals surface area contributed by atoms with Gasteiger partial charge in [-0.3, -0.25) is 9.59 Å². The highest BCUT2D eigenvalue weighted by Crippen LogP contribution is 2.44. The Morgan fingerprint density at radius 2 is 1.79 bits per heavy atom. The van der Waals surface area contributed by atoms with E-state index in [1.165, 1.54) is 0 Å². The van der Waals surface area contributed by atoms with Crippen molar-refractivity contribution in [2.45, 2.75) is 12.8 Å². The van der Waals surface area contributed by atoms with E-state index >= 15 is 0 Å². The zero-order chi connectivity index (χ0) is 13.4. The summed E-state index contributed by atoms with van der Waals surface area (Å²) in [5.41, 5.74) is 0.642. The maximum atomic E-state index is 12.3. The maximum Gasteiger partial charge on any atom is 0.308 e. The van der Waals surface area contributed by atoms with Crippen LogP contribution < -0.4 is 0 Å². The molecule has 1 aromatic carbocycles. The van der Waals surface area contributed by atoms with Crippen LogP contribution in [0.1, 0.15) is 23.2 Å². The Morgan fingerprint density at radius 1 is 1.11 bits per heavy atom. The van der Waals surface area contributed by atoms with Gasteiger partial charge in [-0.25, -0.2) is 0 Å². The number of carbonyl (C=O) groups excluding carboxylic acids is 1. The van der Waals surface area contributed by atoms with Crippen LogP contribution in [0.25, 0.3) is 0 Å². The SMILES string of the molecule is O=C(O)[C@H]1CN(C(=O)c2ccccc2)C[C@@H]1C1CC1. The highest BCUT2D eigenvalue weighted by atomic mass is 16.4. The number of carboxylic acids is 1. The van der Waals surface area contributed by atoms with Crippen molar-refractivity contribution >= 4 is 11.9 Å². The fourth-order valence-corrected chi connectivity index (χ4v) is 3.02. The Balaban J connectivity index is 1.76. The highest BCUT2D eigenvalue weighted by Gasteiger charge is 2.46. The first-order chi connectivity index (χ1) is 9.16. The minimum absolute atomic E-state index is 0.0463. The summed E-state index contributed by atoms with van der Waals surface area (Å²) in [6.45, 7) is 0.944. The molecule has 2 fully saturated rings. The molecule has 100 valence electrons. The molecule has 1 aliphatic carbocycles. The second-order valence-corrected chi connectivity index (χ2v) is 5.52. The van der Waals surface area contributed by atoms with Crippen molar-refractivity contribution in [3.05, 3.63) is 35.9 Å². The lowest BCUT2D eigenvalue weighted by Crippen LogP contribution is -2.29. The highest BCUT2D eigenvalue weighted by molar-refractivity contribution is 5.94. The van der Waals surface area contributed by atoms with Gasteiger partial charge >= 0.3 is 5.97 Å². The third kappa shape index (κ3) is 2.35. The molecule has 1 saturated heterocycles. The molecule has 3 rings (SSSR count). The number of carbonyl (C=O) groups is 2. The van der Waals surface area contributed by atoms with Gasteiger partial charge in [0.05, 0.1) is 5.92 Å². The number of hydrogen-bond acceptors (Lipinski definition) is 2. The van der Waals surface area contributed by atoms with Crippen LogP contribution in [0.3, 0.4) is 0 Å². The third-order valence-corrected chi connectivity index (χ3v) is 4.22. The van der Waals surface area contributed by atoms with E-state index in [0.717, 1.165) is 12.8 Å². The topological polar surface area (TPSA) is 57.6 Å². The smallest absolute Gasteiger partial charge is 0.308 e. The van der Waals surface area contributed by atoms with Crippen molar-refractivity contribution in [2.75, 3.05) is 13.1 Å². The lowest BCUT2D eigenvalue weighted by molar-refractivity contribution is -0.142. The van der Waals surface area contributed by atoms with Crippen LogP contribution >= 0.6 is 0 Å². The first-order valence-electron chi connectivity index (χ1n) is 6.74. The van der Waals surface area contributed by atoms with Crippen LogP contribution in [0.2, 0.25) is 0 Å². The Labute approximate surface area is 112 Å². The third-order valence-electron chi connectivity index (χ3n) is 4.22. The molecule has 0 radical (unpaired) electrons. The number of nitrogens with zero attached hydrogens (tertiary/aromatic N) is 1. The molecule has 0 spiro atoms. The Hall–Kier alpha value is -1.84. The monoisotopic (exact) mass is 259 g/mol. The summed E-state index contributed by atoms with van der Waals surface area (Å²) in [5.74, 6) is -0.546. The summed E-state index contributed by atoms with van der Waals surface area (Å²) in [6, 6.07) is 9.09. The van der Waals surface area contributed by atoms with E-state index in [0.29, 0.717) is 24.6 Å². The van der Waals surface area contributed by atoms with Gasteiger partial charge in [0.25, 0.3) is 5.91 Å². The minimum Gasteiger partial charge on any atom is -0.481 e. The average molecular weight is 259 g/mol. The van der Waals surface area contributed by atoms with Gasteiger partial charge in [-0.1, -0.05) is 18.2 Å². The summed E-state index contributed by atoms with van der Waals surface area (Å²) in [5, 5.41) is 9.29. The van der Waals surface area contributed by atoms with E-state index in [1.807, 2.05) is 18.2 Å². The van der Waals surface area contributed by atoms with Gasteiger partial charge in [0.1, 0.15) is 0 Å². The molecule has 4 heteroatoms. The normalized spacial score (nSPS) is 26.4. The Morgan fingerprint density at radius 3 is 2.37 bits per heavy atom. The van der Waals surface area contributed by atoms with Crippen molar-refractivity contribution < 1.29 is 14.7 Å². The average Bonchev–Trinajstić information content (AvgIpc) is 3.17. The fourth-order valence-electron chi connectivity index (χ4n) is 3.02. The largest absolute Gasteiger partial charge is 0.481 e. The van der Waals surface area contributed by atoms with E-state index in [-0.39, 0.29) is 17.7 Å². The van der Waals surface area contributed by atoms with E-state index < -0.39 is 5.97 Å². The second kappa shape index (κ2) is 4.68. The number of likely N-dealkylation sites (tertiary alicyclic amines) is 1. The quantitative estimate of drug-likeness (QED) is 0.901. The van der Waals surface area contributed by atoms with Crippen LogP contribution in [0.5, 0.6) is 0 Å². The number of rotatable bonds is 3. The molecule has 1 aromatic rings. The van der Waals surface area contributed by atoms with E-state index in [4.69, 9.17) is 0 Å². The van der Waals surface area contributed by atoms with Gasteiger partial charge in [0.2, 0.25) is 0 Å². The van der Waals surface area contributed by atoms with Crippen LogP contribution in [-0.4, -0.2) is 35.0 Å². The minimum atomic E-state index is -0.764. The lowest BCUT2D eigenvalue weighted by Gasteiger charge is -2.16. The molecule has 19 heavy (non-hydrogen) atoms. The predicted molar refractivity (Wildman–Crippen MR) is 69.7 cm³/mol. The maximum absolute atomic E-state index is 12.3. The summed E-state index contributed by atoms with van der Waals surface area (Å²) in [6.07, 6.45) is 2.23. The molecular formula is C15H17NO3. The van der Waals surface area contributed by atoms with Crippen LogP contribution in [0.4, 0.5) is 0 Å². The van der Waals surface area contributed by atoms with Crippen molar-refractivity contribution in [3.63, 3.8) is 0 Å². The standard InChI is InChI=1S/C15H17NO3/c17-14(11-4-2-1-3-5-11)16-8-12(10-6-7-10)13(9-16)15(18)19/h1-5,10,12-13H,6-9H2,(H,18,19)/t12-,13+/m1/s1. The van der Waals surface area contributed by atoms with E-state index in [9.17, 15) is 14.7 Å². The van der Waals surface area contributed by atoms with Gasteiger partial charge in [0.15, 0.2) is 0 Å². The number of carboxylic acid groups (broad SMARTS) is 1. The molecular weight excluding hydrogens is 242 g/mol. The van der Waals surface area contributed by atoms with Crippen molar-refractivity contribution in [3.8, 4) is 0 Å². The van der Waals surface area contributed by atoms with Gasteiger partial charge in [-0.15, -0.1) is 0 Å². The van der Waals surface area contributed by atoms with Gasteiger partial charge < -0.3 is 10.0 Å². The van der Waals surface area contributed by atoms with E-state index in [1.54, 1.807) is 17.0 Å². The molecule has 1 aliphatic heterocycles. The number of benzene rings is 1. The Bertz CT molecular complexity index is 495. The second-order valence-electron chi connectivity index (χ2n) is 5.52. The molecule has 0 aromatic heterocycles. The Kier molecular flexibility index (Phi) is 3.01. The molecule has 0 bridgehead atoms. The van der Waals surface area contributed by atoms with Crippen LogP contribution in [0, 0.1) is 17.8 Å². The number of amides is 1. The zero-order valence-electron chi connectivity index (χ0n) is 10.7. The molecule has 2 atom stereocenters.